The van der Waals surface area contributed by atoms with Gasteiger partial charge in [-0.3, -0.25) is 4.79 Å². The highest BCUT2D eigenvalue weighted by Gasteiger charge is 2.28. The molecule has 0 saturated carbocycles. The van der Waals surface area contributed by atoms with Crippen LogP contribution in [0.1, 0.15) is 22.7 Å². The first-order valence-corrected chi connectivity index (χ1v) is 9.55. The lowest BCUT2D eigenvalue weighted by molar-refractivity contribution is -0.125. The summed E-state index contributed by atoms with van der Waals surface area (Å²) in [7, 11) is 0. The number of hydrogen-bond acceptors (Lipinski definition) is 7. The number of carbonyl (C=O) groups is 1. The normalized spacial score (nSPS) is 20.3. The SMILES string of the molecule is O=C(NCCc1cn[nH]n1)C1CCc2sc(N3CCOCC3)nc2C1. The van der Waals surface area contributed by atoms with Crippen LogP contribution in [0.3, 0.4) is 0 Å². The highest BCUT2D eigenvalue weighted by Crippen LogP contribution is 2.34. The third-order valence-corrected chi connectivity index (χ3v) is 5.94. The Bertz CT molecular complexity index is 710. The maximum atomic E-state index is 12.4. The summed E-state index contributed by atoms with van der Waals surface area (Å²) in [4.78, 5) is 20.9. The molecule has 0 aromatic carbocycles. The highest BCUT2D eigenvalue weighted by molar-refractivity contribution is 7.15. The maximum absolute atomic E-state index is 12.4. The number of hydrogen-bond donors (Lipinski definition) is 2. The van der Waals surface area contributed by atoms with Crippen LogP contribution in [-0.2, 0) is 28.8 Å². The molecular weight excluding hydrogens is 340 g/mol. The van der Waals surface area contributed by atoms with E-state index in [0.29, 0.717) is 13.0 Å². The summed E-state index contributed by atoms with van der Waals surface area (Å²) >= 11 is 1.78. The average molecular weight is 362 g/mol. The lowest BCUT2D eigenvalue weighted by atomic mass is 9.90. The predicted molar refractivity (Wildman–Crippen MR) is 93.8 cm³/mol. The number of nitrogens with one attached hydrogen (secondary N) is 2. The van der Waals surface area contributed by atoms with Gasteiger partial charge in [0.15, 0.2) is 5.13 Å². The summed E-state index contributed by atoms with van der Waals surface area (Å²) in [6, 6.07) is 0. The van der Waals surface area contributed by atoms with Crippen molar-refractivity contribution in [1.29, 1.82) is 0 Å². The second kappa shape index (κ2) is 7.49. The molecule has 25 heavy (non-hydrogen) atoms. The first-order valence-electron chi connectivity index (χ1n) is 8.73. The Morgan fingerprint density at radius 1 is 1.44 bits per heavy atom. The summed E-state index contributed by atoms with van der Waals surface area (Å²) in [5, 5.41) is 14.4. The molecule has 134 valence electrons. The lowest BCUT2D eigenvalue weighted by Gasteiger charge is -2.26. The second-order valence-corrected chi connectivity index (χ2v) is 7.47. The van der Waals surface area contributed by atoms with Gasteiger partial charge in [-0.1, -0.05) is 0 Å². The molecule has 2 aliphatic rings. The van der Waals surface area contributed by atoms with Crippen molar-refractivity contribution in [3.8, 4) is 0 Å². The van der Waals surface area contributed by atoms with Crippen molar-refractivity contribution >= 4 is 22.4 Å². The van der Waals surface area contributed by atoms with Crippen LogP contribution in [0.2, 0.25) is 0 Å². The van der Waals surface area contributed by atoms with E-state index in [-0.39, 0.29) is 11.8 Å². The summed E-state index contributed by atoms with van der Waals surface area (Å²) in [6.07, 6.45) is 4.96. The molecule has 1 amide bonds. The number of thiazole rings is 1. The van der Waals surface area contributed by atoms with Gasteiger partial charge in [-0.05, 0) is 12.8 Å². The fourth-order valence-corrected chi connectivity index (χ4v) is 4.44. The molecule has 1 aliphatic carbocycles. The highest BCUT2D eigenvalue weighted by atomic mass is 32.1. The molecule has 1 saturated heterocycles. The quantitative estimate of drug-likeness (QED) is 0.807. The van der Waals surface area contributed by atoms with Gasteiger partial charge in [-0.15, -0.1) is 11.3 Å². The zero-order valence-corrected chi connectivity index (χ0v) is 14.8. The van der Waals surface area contributed by atoms with E-state index in [0.717, 1.165) is 62.1 Å². The number of aryl methyl sites for hydroxylation is 1. The number of morpholine rings is 1. The molecule has 2 aromatic heterocycles. The van der Waals surface area contributed by atoms with Crippen LogP contribution in [0, 0.1) is 5.92 Å². The van der Waals surface area contributed by atoms with Crippen molar-refractivity contribution in [2.45, 2.75) is 25.7 Å². The summed E-state index contributed by atoms with van der Waals surface area (Å²) in [6.45, 7) is 3.92. The fraction of sp³-hybridized carbons (Fsp3) is 0.625. The molecule has 1 atom stereocenters. The largest absolute Gasteiger partial charge is 0.378 e. The standard InChI is InChI=1S/C16H22N6O2S/c23-15(17-4-3-12-10-18-21-20-12)11-1-2-14-13(9-11)19-16(25-14)22-5-7-24-8-6-22/h10-11H,1-9H2,(H,17,23)(H,18,20,21). The van der Waals surface area contributed by atoms with E-state index in [1.165, 1.54) is 4.88 Å². The zero-order chi connectivity index (χ0) is 17.1. The van der Waals surface area contributed by atoms with Gasteiger partial charge in [0.1, 0.15) is 0 Å². The second-order valence-electron chi connectivity index (χ2n) is 6.41. The monoisotopic (exact) mass is 362 g/mol. The van der Waals surface area contributed by atoms with Gasteiger partial charge in [0, 0.05) is 43.3 Å². The van der Waals surface area contributed by atoms with Gasteiger partial charge >= 0.3 is 0 Å². The fourth-order valence-electron chi connectivity index (χ4n) is 3.28. The first-order chi connectivity index (χ1) is 12.3. The number of fused-ring (bicyclic) bond motifs is 1. The van der Waals surface area contributed by atoms with Gasteiger partial charge in [0.25, 0.3) is 0 Å². The van der Waals surface area contributed by atoms with Crippen molar-refractivity contribution in [3.05, 3.63) is 22.5 Å². The minimum atomic E-state index is 0.0180. The summed E-state index contributed by atoms with van der Waals surface area (Å²) in [5.74, 6) is 0.138. The van der Waals surface area contributed by atoms with E-state index in [9.17, 15) is 4.79 Å². The summed E-state index contributed by atoms with van der Waals surface area (Å²) in [5.41, 5.74) is 1.97. The molecule has 4 rings (SSSR count). The van der Waals surface area contributed by atoms with E-state index in [2.05, 4.69) is 25.6 Å². The van der Waals surface area contributed by atoms with Crippen LogP contribution < -0.4 is 10.2 Å². The molecule has 2 N–H and O–H groups in total. The first kappa shape index (κ1) is 16.5. The summed E-state index contributed by atoms with van der Waals surface area (Å²) < 4.78 is 5.41. The van der Waals surface area contributed by atoms with E-state index in [1.807, 2.05) is 0 Å². The van der Waals surface area contributed by atoms with E-state index in [4.69, 9.17) is 9.72 Å². The Balaban J connectivity index is 1.32. The lowest BCUT2D eigenvalue weighted by Crippen LogP contribution is -2.36. The zero-order valence-electron chi connectivity index (χ0n) is 14.0. The van der Waals surface area contributed by atoms with Crippen molar-refractivity contribution in [3.63, 3.8) is 0 Å². The molecule has 0 spiro atoms. The molecule has 0 radical (unpaired) electrons. The molecule has 0 bridgehead atoms. The number of rotatable bonds is 5. The topological polar surface area (TPSA) is 96.0 Å². The molecule has 2 aromatic rings. The Hall–Kier alpha value is -2.00. The molecule has 3 heterocycles. The average Bonchev–Trinajstić information content (AvgIpc) is 3.31. The van der Waals surface area contributed by atoms with Crippen molar-refractivity contribution < 1.29 is 9.53 Å². The minimum Gasteiger partial charge on any atom is -0.378 e. The van der Waals surface area contributed by atoms with Gasteiger partial charge in [0.2, 0.25) is 5.91 Å². The van der Waals surface area contributed by atoms with Crippen molar-refractivity contribution in [1.82, 2.24) is 25.7 Å². The maximum Gasteiger partial charge on any atom is 0.223 e. The van der Waals surface area contributed by atoms with E-state index >= 15 is 0 Å². The van der Waals surface area contributed by atoms with Gasteiger partial charge < -0.3 is 15.0 Å². The van der Waals surface area contributed by atoms with Crippen LogP contribution in [0.25, 0.3) is 0 Å². The van der Waals surface area contributed by atoms with Crippen LogP contribution in [0.15, 0.2) is 6.20 Å². The van der Waals surface area contributed by atoms with Crippen LogP contribution in [0.4, 0.5) is 5.13 Å². The van der Waals surface area contributed by atoms with Crippen LogP contribution in [0.5, 0.6) is 0 Å². The molecule has 1 fully saturated rings. The minimum absolute atomic E-state index is 0.0180. The molecule has 1 aliphatic heterocycles. The van der Waals surface area contributed by atoms with Gasteiger partial charge in [0.05, 0.1) is 30.8 Å². The van der Waals surface area contributed by atoms with Crippen molar-refractivity contribution in [2.24, 2.45) is 5.92 Å². The molecule has 1 unspecified atom stereocenters. The van der Waals surface area contributed by atoms with E-state index < -0.39 is 0 Å². The number of nitrogens with zero attached hydrogens (tertiary/aromatic N) is 4. The number of aromatic nitrogens is 4. The Kier molecular flexibility index (Phi) is 4.93. The van der Waals surface area contributed by atoms with Gasteiger partial charge in [-0.2, -0.15) is 15.4 Å². The number of amides is 1. The molecule has 8 nitrogen and oxygen atoms in total. The molecular formula is C16H22N6O2S. The van der Waals surface area contributed by atoms with Crippen LogP contribution in [-0.4, -0.2) is 59.1 Å². The predicted octanol–water partition coefficient (Wildman–Crippen LogP) is 0.562. The number of carbonyl (C=O) groups excluding carboxylic acids is 1. The third-order valence-electron chi connectivity index (χ3n) is 4.72. The van der Waals surface area contributed by atoms with E-state index in [1.54, 1.807) is 17.5 Å². The Labute approximate surface area is 150 Å². The third kappa shape index (κ3) is 3.82. The van der Waals surface area contributed by atoms with Crippen molar-refractivity contribution in [2.75, 3.05) is 37.7 Å². The Morgan fingerprint density at radius 3 is 3.12 bits per heavy atom. The van der Waals surface area contributed by atoms with Gasteiger partial charge in [-0.25, -0.2) is 4.98 Å². The Morgan fingerprint density at radius 2 is 2.32 bits per heavy atom. The van der Waals surface area contributed by atoms with Crippen LogP contribution >= 0.6 is 11.3 Å². The number of anilines is 1. The smallest absolute Gasteiger partial charge is 0.223 e. The number of H-pyrrole nitrogens is 1. The molecule has 9 heteroatoms. The number of aromatic amines is 1. The number of ether oxygens (including phenoxy) is 1.